The number of aliphatic hydroxyl groups excluding tert-OH is 1. The lowest BCUT2D eigenvalue weighted by Crippen LogP contribution is -2.15. The van der Waals surface area contributed by atoms with Crippen LogP contribution in [-0.4, -0.2) is 36.3 Å². The molecule has 3 N–H and O–H groups in total. The number of aliphatic hydroxyl groups is 1. The van der Waals surface area contributed by atoms with Crippen LogP contribution in [0.4, 0.5) is 0 Å². The number of carbonyl (C=O) groups excluding carboxylic acids is 1. The van der Waals surface area contributed by atoms with E-state index in [0.29, 0.717) is 19.6 Å². The van der Waals surface area contributed by atoms with Gasteiger partial charge in [0, 0.05) is 23.7 Å². The maximum absolute atomic E-state index is 11.1. The zero-order valence-corrected chi connectivity index (χ0v) is 18.8. The molecule has 0 aliphatic rings. The Morgan fingerprint density at radius 2 is 2.00 bits per heavy atom. The predicted molar refractivity (Wildman–Crippen MR) is 126 cm³/mol. The van der Waals surface area contributed by atoms with E-state index in [1.807, 2.05) is 47.8 Å². The highest BCUT2D eigenvalue weighted by molar-refractivity contribution is 7.03. The third-order valence-electron chi connectivity index (χ3n) is 5.27. The fourth-order valence-corrected chi connectivity index (χ4v) is 3.99. The number of nitrogens with zero attached hydrogens (tertiary/aromatic N) is 4. The number of aromatic nitrogens is 4. The second-order valence-electron chi connectivity index (χ2n) is 7.75. The van der Waals surface area contributed by atoms with E-state index < -0.39 is 12.0 Å². The van der Waals surface area contributed by atoms with E-state index in [0.717, 1.165) is 41.0 Å². The molecule has 2 aromatic carbocycles. The van der Waals surface area contributed by atoms with Gasteiger partial charge >= 0.3 is 0 Å². The summed E-state index contributed by atoms with van der Waals surface area (Å²) in [5.74, 6) is 0.271. The highest BCUT2D eigenvalue weighted by atomic mass is 32.1. The van der Waals surface area contributed by atoms with Gasteiger partial charge in [-0.15, -0.1) is 5.10 Å². The SMILES string of the molecule is NC(=O)c1cn(CC(O)CCCc2ccccc2OCc2ccc(-c3csnn3)cc2)cn1. The Hall–Kier alpha value is -3.56. The number of rotatable bonds is 11. The monoisotopic (exact) mass is 463 g/mol. The number of ether oxygens (including phenoxy) is 1. The van der Waals surface area contributed by atoms with Crippen LogP contribution in [0.3, 0.4) is 0 Å². The largest absolute Gasteiger partial charge is 0.489 e. The predicted octanol–water partition coefficient (Wildman–Crippen LogP) is 3.46. The van der Waals surface area contributed by atoms with Gasteiger partial charge < -0.3 is 20.1 Å². The van der Waals surface area contributed by atoms with E-state index in [-0.39, 0.29) is 5.69 Å². The molecule has 8 nitrogen and oxygen atoms in total. The van der Waals surface area contributed by atoms with Crippen molar-refractivity contribution in [3.8, 4) is 17.0 Å². The van der Waals surface area contributed by atoms with Crippen LogP contribution < -0.4 is 10.5 Å². The molecule has 2 aromatic heterocycles. The number of carbonyl (C=O) groups is 1. The fraction of sp³-hybridized carbons (Fsp3) is 0.250. The second-order valence-corrected chi connectivity index (χ2v) is 8.36. The van der Waals surface area contributed by atoms with E-state index in [1.165, 1.54) is 17.9 Å². The third-order valence-corrected chi connectivity index (χ3v) is 5.77. The molecule has 0 saturated heterocycles. The molecule has 4 rings (SSSR count). The average Bonchev–Trinajstić information content (AvgIpc) is 3.51. The van der Waals surface area contributed by atoms with Crippen LogP contribution in [0.15, 0.2) is 66.4 Å². The molecule has 0 aliphatic carbocycles. The van der Waals surface area contributed by atoms with Gasteiger partial charge in [-0.1, -0.05) is 47.0 Å². The molecule has 170 valence electrons. The van der Waals surface area contributed by atoms with Crippen molar-refractivity contribution in [2.75, 3.05) is 0 Å². The highest BCUT2D eigenvalue weighted by Gasteiger charge is 2.10. The van der Waals surface area contributed by atoms with Crippen molar-refractivity contribution >= 4 is 17.4 Å². The number of amides is 1. The van der Waals surface area contributed by atoms with E-state index in [2.05, 4.69) is 20.6 Å². The summed E-state index contributed by atoms with van der Waals surface area (Å²) < 4.78 is 11.7. The van der Waals surface area contributed by atoms with Crippen LogP contribution in [0.2, 0.25) is 0 Å². The molecular formula is C24H25N5O3S. The number of primary amides is 1. The molecule has 1 amide bonds. The first-order chi connectivity index (χ1) is 16.1. The molecule has 4 aromatic rings. The molecule has 0 radical (unpaired) electrons. The van der Waals surface area contributed by atoms with E-state index >= 15 is 0 Å². The van der Waals surface area contributed by atoms with Crippen LogP contribution >= 0.6 is 11.5 Å². The lowest BCUT2D eigenvalue weighted by Gasteiger charge is -2.14. The van der Waals surface area contributed by atoms with Crippen LogP contribution in [0.5, 0.6) is 5.75 Å². The van der Waals surface area contributed by atoms with Gasteiger partial charge in [-0.05, 0) is 48.0 Å². The summed E-state index contributed by atoms with van der Waals surface area (Å²) >= 11 is 1.34. The molecule has 33 heavy (non-hydrogen) atoms. The Morgan fingerprint density at radius 1 is 1.18 bits per heavy atom. The zero-order valence-electron chi connectivity index (χ0n) is 18.0. The zero-order chi connectivity index (χ0) is 23.0. The summed E-state index contributed by atoms with van der Waals surface area (Å²) in [6, 6.07) is 16.1. The normalized spacial score (nSPS) is 11.9. The third kappa shape index (κ3) is 6.24. The van der Waals surface area contributed by atoms with Crippen molar-refractivity contribution in [2.24, 2.45) is 5.73 Å². The molecule has 2 heterocycles. The number of para-hydroxylation sites is 1. The standard InChI is InChI=1S/C24H25N5O3S/c25-24(31)21-13-29(16-26-21)12-20(30)6-3-5-19-4-1-2-7-23(19)32-14-17-8-10-18(11-9-17)22-15-33-28-27-22/h1-2,4,7-11,13,15-16,20,30H,3,5-6,12,14H2,(H2,25,31). The summed E-state index contributed by atoms with van der Waals surface area (Å²) in [7, 11) is 0. The summed E-state index contributed by atoms with van der Waals surface area (Å²) in [5, 5.41) is 16.4. The summed E-state index contributed by atoms with van der Waals surface area (Å²) in [6.07, 6.45) is 4.72. The van der Waals surface area contributed by atoms with Gasteiger partial charge in [0.15, 0.2) is 0 Å². The van der Waals surface area contributed by atoms with Gasteiger partial charge in [0.1, 0.15) is 23.7 Å². The quantitative estimate of drug-likeness (QED) is 0.352. The van der Waals surface area contributed by atoms with Crippen molar-refractivity contribution in [2.45, 2.75) is 38.5 Å². The first-order valence-electron chi connectivity index (χ1n) is 10.6. The maximum Gasteiger partial charge on any atom is 0.268 e. The van der Waals surface area contributed by atoms with Gasteiger partial charge in [0.25, 0.3) is 5.91 Å². The highest BCUT2D eigenvalue weighted by Crippen LogP contribution is 2.23. The lowest BCUT2D eigenvalue weighted by atomic mass is 10.0. The van der Waals surface area contributed by atoms with Gasteiger partial charge in [-0.3, -0.25) is 4.79 Å². The molecular weight excluding hydrogens is 438 g/mol. The summed E-state index contributed by atoms with van der Waals surface area (Å²) in [6.45, 7) is 0.837. The molecule has 0 spiro atoms. The van der Waals surface area contributed by atoms with Crippen LogP contribution in [0.1, 0.15) is 34.5 Å². The molecule has 9 heteroatoms. The van der Waals surface area contributed by atoms with Crippen molar-refractivity contribution in [3.63, 3.8) is 0 Å². The summed E-state index contributed by atoms with van der Waals surface area (Å²) in [4.78, 5) is 15.1. The van der Waals surface area contributed by atoms with E-state index in [1.54, 1.807) is 10.8 Å². The number of hydrogen-bond donors (Lipinski definition) is 2. The Bertz CT molecular complexity index is 1180. The van der Waals surface area contributed by atoms with Gasteiger partial charge in [0.2, 0.25) is 0 Å². The maximum atomic E-state index is 11.1. The van der Waals surface area contributed by atoms with Crippen molar-refractivity contribution < 1.29 is 14.6 Å². The summed E-state index contributed by atoms with van der Waals surface area (Å²) in [5.41, 5.74) is 9.50. The molecule has 1 atom stereocenters. The number of nitrogens with two attached hydrogens (primary N) is 1. The Morgan fingerprint density at radius 3 is 2.73 bits per heavy atom. The topological polar surface area (TPSA) is 116 Å². The van der Waals surface area contributed by atoms with Crippen LogP contribution in [0, 0.1) is 0 Å². The minimum Gasteiger partial charge on any atom is -0.489 e. The number of imidazole rings is 1. The minimum atomic E-state index is -0.576. The molecule has 0 aliphatic heterocycles. The Balaban J connectivity index is 1.27. The number of hydrogen-bond acceptors (Lipinski definition) is 7. The van der Waals surface area contributed by atoms with Gasteiger partial charge in [0.05, 0.1) is 12.4 Å². The molecule has 0 bridgehead atoms. The molecule has 0 saturated carbocycles. The van der Waals surface area contributed by atoms with E-state index in [9.17, 15) is 9.90 Å². The smallest absolute Gasteiger partial charge is 0.268 e. The molecule has 1 unspecified atom stereocenters. The van der Waals surface area contributed by atoms with Gasteiger partial charge in [-0.25, -0.2) is 4.98 Å². The first-order valence-corrected chi connectivity index (χ1v) is 11.5. The van der Waals surface area contributed by atoms with Crippen molar-refractivity contribution in [1.82, 2.24) is 19.1 Å². The van der Waals surface area contributed by atoms with Crippen molar-refractivity contribution in [3.05, 3.63) is 83.3 Å². The molecule has 0 fully saturated rings. The second kappa shape index (κ2) is 10.8. The van der Waals surface area contributed by atoms with Crippen LogP contribution in [-0.2, 0) is 19.6 Å². The van der Waals surface area contributed by atoms with Crippen LogP contribution in [0.25, 0.3) is 11.3 Å². The average molecular weight is 464 g/mol. The first kappa shape index (κ1) is 22.6. The Labute approximate surface area is 195 Å². The van der Waals surface area contributed by atoms with Gasteiger partial charge in [-0.2, -0.15) is 0 Å². The number of aryl methyl sites for hydroxylation is 1. The number of benzene rings is 2. The van der Waals surface area contributed by atoms with Crippen molar-refractivity contribution in [1.29, 1.82) is 0 Å². The lowest BCUT2D eigenvalue weighted by molar-refractivity contribution is 0.0995. The van der Waals surface area contributed by atoms with E-state index in [4.69, 9.17) is 10.5 Å². The Kier molecular flexibility index (Phi) is 7.43. The minimum absolute atomic E-state index is 0.197. The fourth-order valence-electron chi connectivity index (χ4n) is 3.52.